The van der Waals surface area contributed by atoms with Gasteiger partial charge in [-0.1, -0.05) is 0 Å². The third kappa shape index (κ3) is 7.32. The van der Waals surface area contributed by atoms with Crippen LogP contribution in [0.3, 0.4) is 0 Å². The van der Waals surface area contributed by atoms with Crippen LogP contribution in [0.15, 0.2) is 24.3 Å². The third-order valence-electron chi connectivity index (χ3n) is 8.67. The molecule has 4 atom stereocenters. The van der Waals surface area contributed by atoms with E-state index in [1.807, 2.05) is 12.1 Å². The molecule has 3 aliphatic rings. The fourth-order valence-electron chi connectivity index (χ4n) is 6.43. The van der Waals surface area contributed by atoms with Gasteiger partial charge < -0.3 is 55.8 Å². The van der Waals surface area contributed by atoms with Crippen LogP contribution in [0.4, 0.5) is 4.79 Å². The number of cyclic esters (lactones) is 1. The number of unbranched alkanes of at least 4 members (excludes halogenated alkanes) is 1. The lowest BCUT2D eigenvalue weighted by atomic mass is 9.65. The molecule has 2 aromatic rings. The Kier molecular flexibility index (Phi) is 11.1. The lowest BCUT2D eigenvalue weighted by Crippen LogP contribution is -2.46. The fourth-order valence-corrected chi connectivity index (χ4v) is 6.43. The molecule has 0 aromatic heterocycles. The monoisotopic (exact) mass is 627 g/mol. The summed E-state index contributed by atoms with van der Waals surface area (Å²) in [5.74, 6) is -0.357. The average Bonchev–Trinajstić information content (AvgIpc) is 3.67. The Hall–Kier alpha value is -3.94. The van der Waals surface area contributed by atoms with Gasteiger partial charge in [-0.25, -0.2) is 4.79 Å². The van der Waals surface area contributed by atoms with Crippen molar-refractivity contribution in [1.29, 1.82) is 0 Å². The summed E-state index contributed by atoms with van der Waals surface area (Å²) in [5.41, 5.74) is 7.80. The number of rotatable bonds is 16. The van der Waals surface area contributed by atoms with E-state index in [1.165, 1.54) is 14.2 Å². The molecule has 2 aromatic carbocycles. The van der Waals surface area contributed by atoms with Crippen LogP contribution in [0.1, 0.15) is 54.3 Å². The molecule has 2 amide bonds. The first-order valence-electron chi connectivity index (χ1n) is 15.7. The lowest BCUT2D eigenvalue weighted by molar-refractivity contribution is -0.141. The van der Waals surface area contributed by atoms with Crippen LogP contribution in [-0.4, -0.2) is 84.0 Å². The van der Waals surface area contributed by atoms with Gasteiger partial charge in [-0.2, -0.15) is 0 Å². The van der Waals surface area contributed by atoms with E-state index in [0.717, 1.165) is 63.0 Å². The zero-order chi connectivity index (χ0) is 31.8. The van der Waals surface area contributed by atoms with Gasteiger partial charge >= 0.3 is 12.0 Å². The smallest absolute Gasteiger partial charge is 0.315 e. The van der Waals surface area contributed by atoms with Gasteiger partial charge in [0.1, 0.15) is 0 Å². The Bertz CT molecular complexity index is 1320. The number of nitrogens with one attached hydrogen (secondary N) is 4. The molecule has 45 heavy (non-hydrogen) atoms. The number of amides is 2. The highest BCUT2D eigenvalue weighted by atomic mass is 16.7. The summed E-state index contributed by atoms with van der Waals surface area (Å²) < 4.78 is 27.8. The Morgan fingerprint density at radius 1 is 0.889 bits per heavy atom. The topological polar surface area (TPSA) is 175 Å². The quantitative estimate of drug-likeness (QED) is 0.119. The van der Waals surface area contributed by atoms with E-state index in [4.69, 9.17) is 29.4 Å². The Morgan fingerprint density at radius 2 is 1.51 bits per heavy atom. The highest BCUT2D eigenvalue weighted by molar-refractivity contribution is 5.80. The second kappa shape index (κ2) is 15.4. The Labute approximate surface area is 263 Å². The molecule has 0 bridgehead atoms. The van der Waals surface area contributed by atoms with Crippen LogP contribution in [-0.2, 0) is 9.53 Å². The molecule has 1 aliphatic carbocycles. The van der Waals surface area contributed by atoms with Gasteiger partial charge in [0.05, 0.1) is 32.8 Å². The first-order chi connectivity index (χ1) is 22.0. The molecule has 13 nitrogen and oxygen atoms in total. The van der Waals surface area contributed by atoms with E-state index in [-0.39, 0.29) is 48.6 Å². The van der Waals surface area contributed by atoms with Crippen molar-refractivity contribution in [2.75, 3.05) is 66.9 Å². The van der Waals surface area contributed by atoms with Crippen molar-refractivity contribution in [3.63, 3.8) is 0 Å². The van der Waals surface area contributed by atoms with Gasteiger partial charge in [0.25, 0.3) is 0 Å². The molecule has 0 saturated carbocycles. The van der Waals surface area contributed by atoms with Gasteiger partial charge in [-0.15, -0.1) is 0 Å². The zero-order valence-corrected chi connectivity index (χ0v) is 26.0. The summed E-state index contributed by atoms with van der Waals surface area (Å²) in [7, 11) is 2.91. The average molecular weight is 628 g/mol. The number of phenols is 1. The molecule has 4 unspecified atom stereocenters. The van der Waals surface area contributed by atoms with Gasteiger partial charge in [0.2, 0.25) is 12.5 Å². The van der Waals surface area contributed by atoms with Crippen molar-refractivity contribution in [3.05, 3.63) is 41.0 Å². The summed E-state index contributed by atoms with van der Waals surface area (Å²) in [4.78, 5) is 26.5. The highest BCUT2D eigenvalue weighted by Crippen LogP contribution is 2.55. The van der Waals surface area contributed by atoms with Gasteiger partial charge in [0.15, 0.2) is 23.0 Å². The standard InChI is InChI=1S/C32H45N5O8/c1-41-25-13-19(14-26(42-2)30(25)38)27-20-15-23-24(45-18-44-23)16-21(20)29(22-17-43-31(39)28(22)27)37-32(40)36-12-6-11-35-9-4-3-8-34-10-5-7-33/h13-16,22,27-29,34-35,38H,3-12,17-18,33H2,1-2H3,(H2,36,37,40). The van der Waals surface area contributed by atoms with Crippen LogP contribution in [0.25, 0.3) is 0 Å². The molecule has 2 heterocycles. The molecule has 0 radical (unpaired) electrons. The van der Waals surface area contributed by atoms with Gasteiger partial charge in [0, 0.05) is 18.4 Å². The number of aromatic hydroxyl groups is 1. The van der Waals surface area contributed by atoms with Crippen molar-refractivity contribution in [1.82, 2.24) is 21.3 Å². The number of esters is 1. The van der Waals surface area contributed by atoms with E-state index < -0.39 is 17.9 Å². The molecule has 246 valence electrons. The maximum Gasteiger partial charge on any atom is 0.315 e. The number of carbonyl (C=O) groups excluding carboxylic acids is 2. The van der Waals surface area contributed by atoms with Crippen molar-refractivity contribution < 1.29 is 38.4 Å². The number of benzene rings is 2. The van der Waals surface area contributed by atoms with Crippen LogP contribution in [0.2, 0.25) is 0 Å². The van der Waals surface area contributed by atoms with E-state index in [0.29, 0.717) is 30.2 Å². The van der Waals surface area contributed by atoms with Crippen molar-refractivity contribution >= 4 is 12.0 Å². The first kappa shape index (κ1) is 32.5. The van der Waals surface area contributed by atoms with E-state index in [1.54, 1.807) is 12.1 Å². The van der Waals surface area contributed by atoms with Crippen LogP contribution in [0.5, 0.6) is 28.7 Å². The van der Waals surface area contributed by atoms with E-state index in [9.17, 15) is 14.7 Å². The van der Waals surface area contributed by atoms with E-state index >= 15 is 0 Å². The Balaban J connectivity index is 1.27. The number of hydrogen-bond donors (Lipinski definition) is 6. The van der Waals surface area contributed by atoms with Crippen molar-refractivity contribution in [2.24, 2.45) is 17.6 Å². The maximum atomic E-state index is 13.3. The predicted molar refractivity (Wildman–Crippen MR) is 166 cm³/mol. The minimum Gasteiger partial charge on any atom is -0.502 e. The predicted octanol–water partition coefficient (Wildman–Crippen LogP) is 2.11. The normalized spacial score (nSPS) is 21.1. The molecular weight excluding hydrogens is 582 g/mol. The minimum atomic E-state index is -0.609. The molecule has 7 N–H and O–H groups in total. The highest BCUT2D eigenvalue weighted by Gasteiger charge is 2.53. The largest absolute Gasteiger partial charge is 0.502 e. The van der Waals surface area contributed by atoms with Gasteiger partial charge in [-0.3, -0.25) is 4.79 Å². The van der Waals surface area contributed by atoms with E-state index in [2.05, 4.69) is 21.3 Å². The number of ether oxygens (including phenoxy) is 5. The fraction of sp³-hybridized carbons (Fsp3) is 0.562. The number of phenolic OH excluding ortho intramolecular Hbond substituents is 1. The number of carbonyl (C=O) groups is 2. The SMILES string of the molecule is COc1cc(C2c3cc4c(cc3C(NC(=O)NCCCNCCCCNCCCN)C3COC(=O)C23)OCO4)cc(OC)c1O. The van der Waals surface area contributed by atoms with Gasteiger partial charge in [-0.05, 0) is 99.4 Å². The second-order valence-electron chi connectivity index (χ2n) is 11.5. The maximum absolute atomic E-state index is 13.3. The summed E-state index contributed by atoms with van der Waals surface area (Å²) in [6.45, 7) is 5.12. The zero-order valence-electron chi connectivity index (χ0n) is 26.0. The van der Waals surface area contributed by atoms with Crippen LogP contribution < -0.4 is 45.9 Å². The molecule has 0 spiro atoms. The number of fused-ring (bicyclic) bond motifs is 3. The molecular formula is C32H45N5O8. The van der Waals surface area contributed by atoms with Crippen molar-refractivity contribution in [3.8, 4) is 28.7 Å². The minimum absolute atomic E-state index is 0.0803. The molecule has 1 fully saturated rings. The molecule has 13 heteroatoms. The van der Waals surface area contributed by atoms with Crippen LogP contribution in [0, 0.1) is 11.8 Å². The third-order valence-corrected chi connectivity index (χ3v) is 8.67. The summed E-state index contributed by atoms with van der Waals surface area (Å²) >= 11 is 0. The summed E-state index contributed by atoms with van der Waals surface area (Å²) in [6, 6.07) is 6.31. The first-order valence-corrected chi connectivity index (χ1v) is 15.7. The number of urea groups is 1. The lowest BCUT2D eigenvalue weighted by Gasteiger charge is -2.39. The molecule has 1 saturated heterocycles. The molecule has 2 aliphatic heterocycles. The van der Waals surface area contributed by atoms with Crippen molar-refractivity contribution in [2.45, 2.75) is 37.6 Å². The summed E-state index contributed by atoms with van der Waals surface area (Å²) in [5, 5.41) is 23.4. The Morgan fingerprint density at radius 3 is 2.16 bits per heavy atom. The number of nitrogens with two attached hydrogens (primary N) is 1. The second-order valence-corrected chi connectivity index (χ2v) is 11.5. The number of hydrogen-bond acceptors (Lipinski definition) is 11. The molecule has 5 rings (SSSR count). The summed E-state index contributed by atoms with van der Waals surface area (Å²) in [6.07, 6.45) is 3.96. The van der Waals surface area contributed by atoms with Crippen LogP contribution >= 0.6 is 0 Å². The number of methoxy groups -OCH3 is 2.